The first-order valence-corrected chi connectivity index (χ1v) is 47.5. The number of fused-ring (bicyclic) bond motifs is 7. The van der Waals surface area contributed by atoms with Crippen molar-refractivity contribution in [3.8, 4) is 0 Å². The highest BCUT2D eigenvalue weighted by atomic mass is 35.5. The molecule has 128 heavy (non-hydrogen) atoms. The highest BCUT2D eigenvalue weighted by Crippen LogP contribution is 2.40. The maximum atomic E-state index is 13.4. The van der Waals surface area contributed by atoms with Crippen LogP contribution in [-0.4, -0.2) is 97.5 Å². The van der Waals surface area contributed by atoms with Crippen molar-refractivity contribution in [2.75, 3.05) is 0 Å². The predicted molar refractivity (Wildman–Crippen MR) is 509 cm³/mol. The number of pyridine rings is 5. The SMILES string of the molecule is CC(F)Cn1c(=O)n(C2CCC(C)CC2)c2ccncc21.CC1CCC(n2c(=O)[nH]c3ccccc32)CC1.CC1CCC(n2c(=O)[nH]c3cccnc32)CC1.CC1CCC(n2c(=O)[nH]c3cnc(Cl)cc32)CC1.Cc1cc2c(cn1)[nH]c(=O)n2C1CCC(C)CC1.Cc1cccc2c1[nH]c(=O)n2C1CCC(C)CC1.[C-]#[N+]c1cc2c(cn1)[nH]c(=O)n2C1CCC(C)CC1. The first kappa shape index (κ1) is 91.5. The molecule has 0 amide bonds. The number of aromatic nitrogens is 19. The number of imidazole rings is 7. The monoisotopic (exact) mass is 1760 g/mol. The molecule has 1 atom stereocenters. The van der Waals surface area contributed by atoms with Gasteiger partial charge in [0.25, 0.3) is 5.82 Å². The number of halogens is 2. The minimum Gasteiger partial charge on any atom is -0.361 e. The quantitative estimate of drug-likeness (QED) is 0.0580. The smallest absolute Gasteiger partial charge is 0.329 e. The molecule has 7 fully saturated rings. The third-order valence-corrected chi connectivity index (χ3v) is 28.9. The number of para-hydroxylation sites is 3. The van der Waals surface area contributed by atoms with Crippen molar-refractivity contribution >= 4 is 94.8 Å². The molecule has 0 radical (unpaired) electrons. The van der Waals surface area contributed by atoms with Crippen molar-refractivity contribution in [1.82, 2.24) is 91.4 Å². The Morgan fingerprint density at radius 3 is 1.23 bits per heavy atom. The zero-order valence-corrected chi connectivity index (χ0v) is 76.8. The van der Waals surface area contributed by atoms with Crippen LogP contribution in [0.2, 0.25) is 5.15 Å². The lowest BCUT2D eigenvalue weighted by atomic mass is 9.87. The minimum atomic E-state index is -1.05. The van der Waals surface area contributed by atoms with Gasteiger partial charge in [-0.3, -0.25) is 46.5 Å². The number of rotatable bonds is 9. The van der Waals surface area contributed by atoms with E-state index in [2.05, 4.69) is 114 Å². The average molecular weight is 1760 g/mol. The number of aryl methyl sites for hydroxylation is 2. The van der Waals surface area contributed by atoms with Crippen molar-refractivity contribution in [3.63, 3.8) is 0 Å². The third-order valence-electron chi connectivity index (χ3n) is 28.7. The Bertz CT molecular complexity index is 6360. The molecule has 12 heterocycles. The fraction of sp³-hybridized carbons (Fsp3) is 0.545. The molecule has 0 bridgehead atoms. The van der Waals surface area contributed by atoms with Gasteiger partial charge in [0.2, 0.25) is 0 Å². The van der Waals surface area contributed by atoms with Gasteiger partial charge in [0.1, 0.15) is 23.0 Å². The molecule has 21 rings (SSSR count). The topological polar surface area (TPSA) is 322 Å². The Morgan fingerprint density at radius 1 is 0.375 bits per heavy atom. The molecule has 2 aromatic carbocycles. The van der Waals surface area contributed by atoms with Gasteiger partial charge in [-0.05, 0) is 296 Å². The average Bonchev–Trinajstić information content (AvgIpc) is 1.66. The molecule has 27 nitrogen and oxygen atoms in total. The largest absolute Gasteiger partial charge is 0.361 e. The van der Waals surface area contributed by atoms with Crippen LogP contribution in [0.15, 0.2) is 150 Å². The summed E-state index contributed by atoms with van der Waals surface area (Å²) in [6.07, 6.45) is 40.9. The Balaban J connectivity index is 0.000000115. The van der Waals surface area contributed by atoms with Crippen molar-refractivity contribution in [2.45, 2.75) is 304 Å². The van der Waals surface area contributed by atoms with Crippen molar-refractivity contribution in [1.29, 1.82) is 0 Å². The summed E-state index contributed by atoms with van der Waals surface area (Å²) < 4.78 is 28.2. The van der Waals surface area contributed by atoms with Crippen molar-refractivity contribution in [3.05, 3.63) is 217 Å². The predicted octanol–water partition coefficient (Wildman–Crippen LogP) is 21.2. The van der Waals surface area contributed by atoms with E-state index in [9.17, 15) is 38.0 Å². The molecule has 12 aromatic heterocycles. The van der Waals surface area contributed by atoms with E-state index in [1.54, 1.807) is 49.3 Å². The summed E-state index contributed by atoms with van der Waals surface area (Å²) in [5.74, 6) is 5.80. The Labute approximate surface area is 749 Å². The van der Waals surface area contributed by atoms with E-state index >= 15 is 0 Å². The standard InChI is InChI=1S/C16H22FN3O.C15H20N2O.C14H16N4O.C14H19N3O.C14H18N2O.C13H16ClN3O.C13H17N3O/c1-11-3-5-13(6-4-11)20-14-7-8-18-9-15(14)19(16(20)21)10-12(2)17;1-10-6-8-12(9-7-10)17-13-5-3-4-11(2)14(13)16-15(17)18;1-9-3-5-10(6-4-9)18-12-7-13(15-2)16-8-11(12)17-14(18)19;1-9-3-5-11(6-4-9)17-13-7-10(2)15-8-12(13)16-14(17)18;1-10-6-8-11(9-7-10)16-13-5-3-2-4-12(13)15-14(16)17;1-8-2-4-9(5-3-8)17-11-6-12(14)15-7-10(11)16-13(17)18;1-9-4-6-10(7-5-9)16-12-11(15-13(16)17)3-2-8-14-12/h7-9,11-13H,3-6,10H2,1-2H3;3-5,10,12H,6-9H2,1-2H3,(H,16,18);7-10H,3-6H2,1H3,(H,17,19);7-9,11H,3-6H2,1-2H3,(H,16,18);2-5,10-11H,6-9H2,1H3,(H,15,17);6-9H,2-5H2,1H3,(H,16,18);2-3,8-10H,4-7H2,1H3,(H,15,17). The van der Waals surface area contributed by atoms with Gasteiger partial charge in [-0.1, -0.05) is 90.9 Å². The number of alkyl halides is 1. The zero-order chi connectivity index (χ0) is 90.1. The maximum absolute atomic E-state index is 13.4. The van der Waals surface area contributed by atoms with E-state index in [-0.39, 0.29) is 58.5 Å². The highest BCUT2D eigenvalue weighted by Gasteiger charge is 2.32. The molecule has 7 aliphatic rings. The van der Waals surface area contributed by atoms with Gasteiger partial charge < -0.3 is 34.7 Å². The number of hydrogen-bond donors (Lipinski definition) is 6. The Morgan fingerprint density at radius 2 is 0.750 bits per heavy atom. The van der Waals surface area contributed by atoms with Crippen LogP contribution in [0.1, 0.15) is 289 Å². The lowest BCUT2D eigenvalue weighted by Gasteiger charge is -2.27. The summed E-state index contributed by atoms with van der Waals surface area (Å²) in [7, 11) is 0. The van der Waals surface area contributed by atoms with Gasteiger partial charge in [0.15, 0.2) is 5.65 Å². The van der Waals surface area contributed by atoms with Crippen LogP contribution in [0, 0.1) is 61.8 Å². The summed E-state index contributed by atoms with van der Waals surface area (Å²) in [6.45, 7) is 28.6. The second kappa shape index (κ2) is 41.0. The Hall–Kier alpha value is -11.2. The first-order valence-electron chi connectivity index (χ1n) is 47.2. The summed E-state index contributed by atoms with van der Waals surface area (Å²) in [5, 5.41) is 0.430. The first-order chi connectivity index (χ1) is 61.7. The normalized spacial score (nSPS) is 24.5. The molecule has 0 aliphatic heterocycles. The summed E-state index contributed by atoms with van der Waals surface area (Å²) in [5.41, 5.74) is 14.4. The second-order valence-electron chi connectivity index (χ2n) is 38.5. The second-order valence-corrected chi connectivity index (χ2v) is 38.9. The van der Waals surface area contributed by atoms with Crippen molar-refractivity contribution < 1.29 is 4.39 Å². The van der Waals surface area contributed by atoms with E-state index in [4.69, 9.17) is 18.2 Å². The fourth-order valence-corrected chi connectivity index (χ4v) is 21.2. The molecule has 1 unspecified atom stereocenters. The van der Waals surface area contributed by atoms with E-state index in [1.807, 2.05) is 106 Å². The van der Waals surface area contributed by atoms with Crippen LogP contribution < -0.4 is 39.8 Å². The van der Waals surface area contributed by atoms with Crippen LogP contribution in [0.4, 0.5) is 10.2 Å². The number of nitrogens with zero attached hydrogens (tertiary/aromatic N) is 14. The Kier molecular flexibility index (Phi) is 29.4. The third kappa shape index (κ3) is 20.9. The number of aromatic amines is 6. The molecular formula is C99H128ClFN20O7. The maximum Gasteiger partial charge on any atom is 0.329 e. The molecule has 6 N–H and O–H groups in total. The van der Waals surface area contributed by atoms with Gasteiger partial charge >= 0.3 is 39.8 Å². The molecule has 7 saturated carbocycles. The van der Waals surface area contributed by atoms with E-state index < -0.39 is 6.17 Å². The highest BCUT2D eigenvalue weighted by molar-refractivity contribution is 6.30. The van der Waals surface area contributed by atoms with Crippen molar-refractivity contribution in [2.24, 2.45) is 41.4 Å². The van der Waals surface area contributed by atoms with Crippen LogP contribution in [0.5, 0.6) is 0 Å². The fourth-order valence-electron chi connectivity index (χ4n) is 21.1. The van der Waals surface area contributed by atoms with Gasteiger partial charge in [0, 0.05) is 66.4 Å². The molecule has 14 aromatic rings. The number of nitrogens with one attached hydrogen (secondary N) is 6. The number of H-pyrrole nitrogens is 6. The zero-order valence-electron chi connectivity index (χ0n) is 76.0. The van der Waals surface area contributed by atoms with Crippen LogP contribution >= 0.6 is 11.6 Å². The number of benzene rings is 2. The van der Waals surface area contributed by atoms with E-state index in [1.165, 1.54) is 75.7 Å². The minimum absolute atomic E-state index is 0.0111. The van der Waals surface area contributed by atoms with Gasteiger partial charge in [-0.2, -0.15) is 0 Å². The summed E-state index contributed by atoms with van der Waals surface area (Å²) >= 11 is 5.92. The molecule has 7 aliphatic carbocycles. The van der Waals surface area contributed by atoms with Crippen LogP contribution in [-0.2, 0) is 6.54 Å². The molecule has 0 saturated heterocycles. The molecule has 29 heteroatoms. The molecule has 680 valence electrons. The summed E-state index contributed by atoms with van der Waals surface area (Å²) in [4.78, 5) is 127. The molecule has 0 spiro atoms. The van der Waals surface area contributed by atoms with Crippen LogP contribution in [0.25, 0.3) is 82.2 Å². The van der Waals surface area contributed by atoms with Crippen LogP contribution in [0.3, 0.4) is 0 Å². The lowest BCUT2D eigenvalue weighted by molar-refractivity contribution is 0.282. The van der Waals surface area contributed by atoms with Gasteiger partial charge in [0.05, 0.1) is 91.3 Å². The van der Waals surface area contributed by atoms with E-state index in [0.29, 0.717) is 41.2 Å². The lowest BCUT2D eigenvalue weighted by Crippen LogP contribution is -2.30. The van der Waals surface area contributed by atoms with Gasteiger partial charge in [-0.25, -0.2) is 47.9 Å². The molecular weight excluding hydrogens is 1640 g/mol. The van der Waals surface area contributed by atoms with Gasteiger partial charge in [-0.15, -0.1) is 4.98 Å². The summed E-state index contributed by atoms with van der Waals surface area (Å²) in [6, 6.07) is 27.4. The number of hydrogen-bond acceptors (Lipinski definition) is 12. The van der Waals surface area contributed by atoms with E-state index in [0.717, 1.165) is 246 Å².